The van der Waals surface area contributed by atoms with Crippen molar-refractivity contribution in [3.63, 3.8) is 0 Å². The van der Waals surface area contributed by atoms with Crippen LogP contribution in [0, 0.1) is 0 Å². The first-order valence-electron chi connectivity index (χ1n) is 7.43. The lowest BCUT2D eigenvalue weighted by Gasteiger charge is -2.11. The number of amides is 1. The maximum Gasteiger partial charge on any atom is 0.262 e. The highest BCUT2D eigenvalue weighted by molar-refractivity contribution is 6.06. The minimum atomic E-state index is -0.268. The van der Waals surface area contributed by atoms with Crippen LogP contribution in [0.4, 0.5) is 5.69 Å². The monoisotopic (exact) mass is 303 g/mol. The molecule has 0 fully saturated rings. The van der Waals surface area contributed by atoms with Gasteiger partial charge in [-0.05, 0) is 32.9 Å². The molecule has 1 aromatic carbocycles. The van der Waals surface area contributed by atoms with Gasteiger partial charge in [0.2, 0.25) is 5.88 Å². The van der Waals surface area contributed by atoms with E-state index in [9.17, 15) is 4.79 Å². The molecule has 6 nitrogen and oxygen atoms in total. The third-order valence-electron chi connectivity index (χ3n) is 3.01. The van der Waals surface area contributed by atoms with Crippen molar-refractivity contribution in [2.75, 3.05) is 18.5 Å². The minimum Gasteiger partial charge on any atom is -0.492 e. The summed E-state index contributed by atoms with van der Waals surface area (Å²) in [4.78, 5) is 12.5. The lowest BCUT2D eigenvalue weighted by molar-refractivity contribution is 0.102. The van der Waals surface area contributed by atoms with E-state index in [4.69, 9.17) is 9.47 Å². The van der Waals surface area contributed by atoms with E-state index in [0.717, 1.165) is 0 Å². The van der Waals surface area contributed by atoms with Crippen LogP contribution in [0.25, 0.3) is 0 Å². The highest BCUT2D eigenvalue weighted by Gasteiger charge is 2.18. The molecule has 0 atom stereocenters. The Morgan fingerprint density at radius 3 is 2.59 bits per heavy atom. The number of aromatic nitrogens is 2. The lowest BCUT2D eigenvalue weighted by atomic mass is 10.2. The van der Waals surface area contributed by atoms with E-state index in [0.29, 0.717) is 42.6 Å². The second-order valence-corrected chi connectivity index (χ2v) is 4.52. The number of nitrogens with zero attached hydrogens (tertiary/aromatic N) is 2. The molecule has 0 radical (unpaired) electrons. The maximum absolute atomic E-state index is 12.5. The molecule has 1 heterocycles. The topological polar surface area (TPSA) is 65.4 Å². The summed E-state index contributed by atoms with van der Waals surface area (Å²) in [6, 6.07) is 7.32. The number of aryl methyl sites for hydroxylation is 1. The molecular weight excluding hydrogens is 282 g/mol. The van der Waals surface area contributed by atoms with Crippen molar-refractivity contribution in [2.24, 2.45) is 0 Å². The molecule has 0 aliphatic carbocycles. The number of ether oxygens (including phenoxy) is 2. The molecule has 118 valence electrons. The molecule has 0 aliphatic heterocycles. The predicted molar refractivity (Wildman–Crippen MR) is 84.6 cm³/mol. The van der Waals surface area contributed by atoms with E-state index in [1.165, 1.54) is 0 Å². The molecule has 22 heavy (non-hydrogen) atoms. The number of carbonyl (C=O) groups excluding carboxylic acids is 1. The van der Waals surface area contributed by atoms with Crippen LogP contribution in [-0.4, -0.2) is 28.9 Å². The average molecular weight is 303 g/mol. The van der Waals surface area contributed by atoms with Crippen LogP contribution >= 0.6 is 0 Å². The molecule has 2 rings (SSSR count). The summed E-state index contributed by atoms with van der Waals surface area (Å²) in [6.45, 7) is 7.37. The average Bonchev–Trinajstić information content (AvgIpc) is 2.93. The van der Waals surface area contributed by atoms with Crippen molar-refractivity contribution in [3.8, 4) is 11.6 Å². The zero-order valence-electron chi connectivity index (χ0n) is 13.1. The van der Waals surface area contributed by atoms with Crippen molar-refractivity contribution in [1.82, 2.24) is 9.78 Å². The SMILES string of the molecule is CCOc1ccccc1NC(=O)c1cn(CC)nc1OCC. The number of benzene rings is 1. The van der Waals surface area contributed by atoms with Crippen molar-refractivity contribution in [1.29, 1.82) is 0 Å². The van der Waals surface area contributed by atoms with E-state index in [1.807, 2.05) is 39.0 Å². The van der Waals surface area contributed by atoms with Gasteiger partial charge in [-0.15, -0.1) is 5.10 Å². The molecule has 0 aliphatic rings. The second kappa shape index (κ2) is 7.49. The standard InChI is InChI=1S/C16H21N3O3/c1-4-19-11-12(16(18-19)22-6-3)15(20)17-13-9-7-8-10-14(13)21-5-2/h7-11H,4-6H2,1-3H3,(H,17,20). The van der Waals surface area contributed by atoms with Crippen LogP contribution in [0.2, 0.25) is 0 Å². The largest absolute Gasteiger partial charge is 0.492 e. The van der Waals surface area contributed by atoms with Crippen LogP contribution in [0.1, 0.15) is 31.1 Å². The van der Waals surface area contributed by atoms with Gasteiger partial charge < -0.3 is 14.8 Å². The van der Waals surface area contributed by atoms with Crippen molar-refractivity contribution < 1.29 is 14.3 Å². The summed E-state index contributed by atoms with van der Waals surface area (Å²) >= 11 is 0. The van der Waals surface area contributed by atoms with Gasteiger partial charge in [-0.2, -0.15) is 0 Å². The minimum absolute atomic E-state index is 0.268. The Morgan fingerprint density at radius 1 is 1.18 bits per heavy atom. The smallest absolute Gasteiger partial charge is 0.262 e. The Balaban J connectivity index is 2.24. The third-order valence-corrected chi connectivity index (χ3v) is 3.01. The summed E-state index contributed by atoms with van der Waals surface area (Å²) in [5, 5.41) is 7.09. The number of anilines is 1. The van der Waals surface area contributed by atoms with Crippen LogP contribution in [0.15, 0.2) is 30.5 Å². The highest BCUT2D eigenvalue weighted by Crippen LogP contribution is 2.25. The van der Waals surface area contributed by atoms with Gasteiger partial charge in [0, 0.05) is 12.7 Å². The number of nitrogens with one attached hydrogen (secondary N) is 1. The van der Waals surface area contributed by atoms with Crippen molar-refractivity contribution >= 4 is 11.6 Å². The van der Waals surface area contributed by atoms with Crippen LogP contribution in [-0.2, 0) is 6.54 Å². The lowest BCUT2D eigenvalue weighted by Crippen LogP contribution is -2.13. The Labute approximate surface area is 130 Å². The molecule has 0 saturated heterocycles. The highest BCUT2D eigenvalue weighted by atomic mass is 16.5. The summed E-state index contributed by atoms with van der Waals surface area (Å²) in [5.74, 6) is 0.713. The van der Waals surface area contributed by atoms with Gasteiger partial charge in [-0.1, -0.05) is 12.1 Å². The van der Waals surface area contributed by atoms with Gasteiger partial charge >= 0.3 is 0 Å². The van der Waals surface area contributed by atoms with Gasteiger partial charge in [0.05, 0.1) is 18.9 Å². The van der Waals surface area contributed by atoms with E-state index in [2.05, 4.69) is 10.4 Å². The van der Waals surface area contributed by atoms with Crippen LogP contribution in [0.3, 0.4) is 0 Å². The molecule has 2 aromatic rings. The van der Waals surface area contributed by atoms with E-state index in [1.54, 1.807) is 16.9 Å². The summed E-state index contributed by atoms with van der Waals surface area (Å²) < 4.78 is 12.6. The Morgan fingerprint density at radius 2 is 1.91 bits per heavy atom. The second-order valence-electron chi connectivity index (χ2n) is 4.52. The van der Waals surface area contributed by atoms with Crippen molar-refractivity contribution in [3.05, 3.63) is 36.0 Å². The maximum atomic E-state index is 12.5. The molecule has 1 N–H and O–H groups in total. The third kappa shape index (κ3) is 3.58. The van der Waals surface area contributed by atoms with Gasteiger partial charge in [0.1, 0.15) is 11.3 Å². The number of carbonyl (C=O) groups is 1. The predicted octanol–water partition coefficient (Wildman–Crippen LogP) is 2.95. The number of rotatable bonds is 7. The fourth-order valence-corrected chi connectivity index (χ4v) is 2.01. The van der Waals surface area contributed by atoms with E-state index in [-0.39, 0.29) is 5.91 Å². The molecule has 0 bridgehead atoms. The van der Waals surface area contributed by atoms with Gasteiger partial charge in [-0.25, -0.2) is 0 Å². The fraction of sp³-hybridized carbons (Fsp3) is 0.375. The zero-order chi connectivity index (χ0) is 15.9. The summed E-state index contributed by atoms with van der Waals surface area (Å²) in [5.41, 5.74) is 1.04. The first kappa shape index (κ1) is 15.9. The fourth-order valence-electron chi connectivity index (χ4n) is 2.01. The van der Waals surface area contributed by atoms with E-state index >= 15 is 0 Å². The normalized spacial score (nSPS) is 10.3. The van der Waals surface area contributed by atoms with Gasteiger partial charge in [0.15, 0.2) is 0 Å². The van der Waals surface area contributed by atoms with Crippen LogP contribution in [0.5, 0.6) is 11.6 Å². The quantitative estimate of drug-likeness (QED) is 0.854. The number of hydrogen-bond donors (Lipinski definition) is 1. The molecule has 1 amide bonds. The van der Waals surface area contributed by atoms with Crippen LogP contribution < -0.4 is 14.8 Å². The van der Waals surface area contributed by atoms with Gasteiger partial charge in [0.25, 0.3) is 5.91 Å². The number of hydrogen-bond acceptors (Lipinski definition) is 4. The van der Waals surface area contributed by atoms with E-state index < -0.39 is 0 Å². The number of para-hydroxylation sites is 2. The van der Waals surface area contributed by atoms with Gasteiger partial charge in [-0.3, -0.25) is 9.48 Å². The Hall–Kier alpha value is -2.50. The summed E-state index contributed by atoms with van der Waals surface area (Å²) in [6.07, 6.45) is 1.68. The Kier molecular flexibility index (Phi) is 5.41. The molecule has 0 saturated carbocycles. The zero-order valence-corrected chi connectivity index (χ0v) is 13.1. The van der Waals surface area contributed by atoms with Crippen molar-refractivity contribution in [2.45, 2.75) is 27.3 Å². The molecule has 0 unspecified atom stereocenters. The Bertz CT molecular complexity index is 637. The first-order valence-corrected chi connectivity index (χ1v) is 7.43. The molecule has 0 spiro atoms. The molecular formula is C16H21N3O3. The summed E-state index contributed by atoms with van der Waals surface area (Å²) in [7, 11) is 0. The first-order chi connectivity index (χ1) is 10.7. The molecule has 1 aromatic heterocycles. The molecule has 6 heteroatoms.